The molecule has 0 saturated carbocycles. The molecule has 2 amide bonds. The van der Waals surface area contributed by atoms with E-state index in [1.54, 1.807) is 16.2 Å². The third-order valence-electron chi connectivity index (χ3n) is 4.99. The first-order valence-corrected chi connectivity index (χ1v) is 8.26. The van der Waals surface area contributed by atoms with E-state index in [1.165, 1.54) is 0 Å². The van der Waals surface area contributed by atoms with Gasteiger partial charge in [0.05, 0.1) is 18.1 Å². The molecule has 4 rings (SSSR count). The fraction of sp³-hybridized carbons (Fsp3) is 0.471. The number of piperidine rings is 1. The number of hydrogen-bond donors (Lipinski definition) is 1. The van der Waals surface area contributed by atoms with E-state index in [2.05, 4.69) is 5.32 Å². The van der Waals surface area contributed by atoms with E-state index in [0.29, 0.717) is 13.0 Å². The van der Waals surface area contributed by atoms with Crippen molar-refractivity contribution in [3.63, 3.8) is 0 Å². The molecule has 126 valence electrons. The lowest BCUT2D eigenvalue weighted by Gasteiger charge is -2.22. The SMILES string of the molecule is COc1ccc2c3c1CCCCn3c(=O)n2C1CCC(=O)NC1=O. The number of ether oxygens (including phenoxy) is 1. The van der Waals surface area contributed by atoms with Crippen molar-refractivity contribution in [1.82, 2.24) is 14.5 Å². The van der Waals surface area contributed by atoms with Gasteiger partial charge in [0.15, 0.2) is 0 Å². The number of aromatic nitrogens is 2. The van der Waals surface area contributed by atoms with Gasteiger partial charge in [0.25, 0.3) is 0 Å². The second kappa shape index (κ2) is 5.51. The molecule has 0 spiro atoms. The fourth-order valence-corrected chi connectivity index (χ4v) is 3.87. The number of imidazole rings is 1. The molecule has 7 heteroatoms. The maximum Gasteiger partial charge on any atom is 0.329 e. The van der Waals surface area contributed by atoms with Crippen molar-refractivity contribution in [2.45, 2.75) is 44.7 Å². The van der Waals surface area contributed by atoms with Gasteiger partial charge in [0.2, 0.25) is 11.8 Å². The van der Waals surface area contributed by atoms with Crippen molar-refractivity contribution in [2.24, 2.45) is 0 Å². The van der Waals surface area contributed by atoms with Gasteiger partial charge in [-0.3, -0.25) is 24.0 Å². The Bertz CT molecular complexity index is 909. The van der Waals surface area contributed by atoms with E-state index in [-0.39, 0.29) is 18.0 Å². The lowest BCUT2D eigenvalue weighted by Crippen LogP contribution is -2.44. The zero-order valence-corrected chi connectivity index (χ0v) is 13.5. The van der Waals surface area contributed by atoms with Crippen LogP contribution in [0, 0.1) is 0 Å². The summed E-state index contributed by atoms with van der Waals surface area (Å²) < 4.78 is 8.77. The van der Waals surface area contributed by atoms with Gasteiger partial charge in [-0.2, -0.15) is 0 Å². The molecule has 1 fully saturated rings. The predicted octanol–water partition coefficient (Wildman–Crippen LogP) is 1.13. The quantitative estimate of drug-likeness (QED) is 0.837. The highest BCUT2D eigenvalue weighted by Crippen LogP contribution is 2.33. The number of aryl methyl sites for hydroxylation is 2. The van der Waals surface area contributed by atoms with E-state index < -0.39 is 11.9 Å². The number of carbonyl (C=O) groups excluding carboxylic acids is 2. The first-order chi connectivity index (χ1) is 11.6. The Labute approximate surface area is 138 Å². The number of nitrogens with zero attached hydrogens (tertiary/aromatic N) is 2. The van der Waals surface area contributed by atoms with Gasteiger partial charge in [-0.05, 0) is 37.8 Å². The lowest BCUT2D eigenvalue weighted by atomic mass is 10.0. The molecule has 1 atom stereocenters. The molecule has 0 radical (unpaired) electrons. The van der Waals surface area contributed by atoms with Crippen molar-refractivity contribution in [1.29, 1.82) is 0 Å². The number of methoxy groups -OCH3 is 1. The monoisotopic (exact) mass is 329 g/mol. The van der Waals surface area contributed by atoms with E-state index in [9.17, 15) is 14.4 Å². The van der Waals surface area contributed by atoms with Crippen molar-refractivity contribution in [3.05, 3.63) is 28.2 Å². The molecule has 3 heterocycles. The Morgan fingerprint density at radius 2 is 2.00 bits per heavy atom. The van der Waals surface area contributed by atoms with E-state index in [4.69, 9.17) is 4.74 Å². The third kappa shape index (κ3) is 2.07. The zero-order valence-electron chi connectivity index (χ0n) is 13.5. The van der Waals surface area contributed by atoms with Crippen LogP contribution < -0.4 is 15.7 Å². The van der Waals surface area contributed by atoms with Crippen LogP contribution in [0.3, 0.4) is 0 Å². The highest BCUT2D eigenvalue weighted by atomic mass is 16.5. The Kier molecular flexibility index (Phi) is 3.44. The summed E-state index contributed by atoms with van der Waals surface area (Å²) in [5.74, 6) is 0.0944. The predicted molar refractivity (Wildman–Crippen MR) is 87.1 cm³/mol. The summed E-state index contributed by atoms with van der Waals surface area (Å²) in [5.41, 5.74) is 2.44. The normalized spacial score (nSPS) is 20.8. The topological polar surface area (TPSA) is 82.3 Å². The largest absolute Gasteiger partial charge is 0.496 e. The minimum absolute atomic E-state index is 0.184. The number of carbonyl (C=O) groups is 2. The van der Waals surface area contributed by atoms with E-state index >= 15 is 0 Å². The lowest BCUT2D eigenvalue weighted by molar-refractivity contribution is -0.135. The highest BCUT2D eigenvalue weighted by Gasteiger charge is 2.32. The maximum absolute atomic E-state index is 13.0. The van der Waals surface area contributed by atoms with Crippen LogP contribution >= 0.6 is 0 Å². The molecule has 1 saturated heterocycles. The van der Waals surface area contributed by atoms with Crippen LogP contribution in [0.1, 0.15) is 37.3 Å². The number of nitrogens with one attached hydrogen (secondary N) is 1. The molecule has 7 nitrogen and oxygen atoms in total. The minimum atomic E-state index is -0.639. The molecular formula is C17H19N3O4. The van der Waals surface area contributed by atoms with Gasteiger partial charge in [0.1, 0.15) is 11.8 Å². The third-order valence-corrected chi connectivity index (χ3v) is 4.99. The van der Waals surface area contributed by atoms with Gasteiger partial charge in [-0.1, -0.05) is 0 Å². The van der Waals surface area contributed by atoms with Gasteiger partial charge in [0, 0.05) is 18.5 Å². The number of rotatable bonds is 2. The Balaban J connectivity index is 1.98. The number of imide groups is 1. The molecule has 0 bridgehead atoms. The summed E-state index contributed by atoms with van der Waals surface area (Å²) in [7, 11) is 1.63. The highest BCUT2D eigenvalue weighted by molar-refractivity contribution is 6.00. The second-order valence-electron chi connectivity index (χ2n) is 6.34. The molecule has 1 N–H and O–H groups in total. The van der Waals surface area contributed by atoms with Crippen molar-refractivity contribution >= 4 is 22.8 Å². The summed E-state index contributed by atoms with van der Waals surface area (Å²) in [5, 5.41) is 2.34. The first kappa shape index (κ1) is 15.0. The average molecular weight is 329 g/mol. The number of benzene rings is 1. The van der Waals surface area contributed by atoms with Gasteiger partial charge < -0.3 is 4.74 Å². The molecule has 2 aromatic rings. The van der Waals surface area contributed by atoms with Crippen LogP contribution in [-0.4, -0.2) is 28.1 Å². The number of amides is 2. The Hall–Kier alpha value is -2.57. The molecule has 24 heavy (non-hydrogen) atoms. The van der Waals surface area contributed by atoms with Crippen LogP contribution in [0.15, 0.2) is 16.9 Å². The molecule has 1 aromatic carbocycles. The second-order valence-corrected chi connectivity index (χ2v) is 6.34. The molecule has 2 aliphatic rings. The zero-order chi connectivity index (χ0) is 16.8. The van der Waals surface area contributed by atoms with Crippen molar-refractivity contribution in [3.8, 4) is 5.75 Å². The van der Waals surface area contributed by atoms with E-state index in [1.807, 2.05) is 12.1 Å². The van der Waals surface area contributed by atoms with Gasteiger partial charge in [-0.25, -0.2) is 4.79 Å². The number of hydrogen-bond acceptors (Lipinski definition) is 4. The maximum atomic E-state index is 13.0. The van der Waals surface area contributed by atoms with Crippen LogP contribution in [0.5, 0.6) is 5.75 Å². The van der Waals surface area contributed by atoms with Gasteiger partial charge >= 0.3 is 5.69 Å². The minimum Gasteiger partial charge on any atom is -0.496 e. The van der Waals surface area contributed by atoms with Crippen LogP contribution in [-0.2, 0) is 22.6 Å². The molecule has 1 aromatic heterocycles. The van der Waals surface area contributed by atoms with Crippen LogP contribution in [0.4, 0.5) is 0 Å². The molecule has 1 unspecified atom stereocenters. The molecule has 0 aliphatic carbocycles. The fourth-order valence-electron chi connectivity index (χ4n) is 3.87. The summed E-state index contributed by atoms with van der Waals surface area (Å²) in [6.45, 7) is 0.635. The van der Waals surface area contributed by atoms with Crippen molar-refractivity contribution < 1.29 is 14.3 Å². The summed E-state index contributed by atoms with van der Waals surface area (Å²) in [6.07, 6.45) is 3.35. The smallest absolute Gasteiger partial charge is 0.329 e. The summed E-state index contributed by atoms with van der Waals surface area (Å²) in [6, 6.07) is 3.05. The van der Waals surface area contributed by atoms with Crippen molar-refractivity contribution in [2.75, 3.05) is 7.11 Å². The molecule has 2 aliphatic heterocycles. The average Bonchev–Trinajstić information content (AvgIpc) is 2.73. The van der Waals surface area contributed by atoms with Crippen LogP contribution in [0.25, 0.3) is 11.0 Å². The van der Waals surface area contributed by atoms with E-state index in [0.717, 1.165) is 41.6 Å². The molecular weight excluding hydrogens is 310 g/mol. The van der Waals surface area contributed by atoms with Gasteiger partial charge in [-0.15, -0.1) is 0 Å². The summed E-state index contributed by atoms with van der Waals surface area (Å²) >= 11 is 0. The first-order valence-electron chi connectivity index (χ1n) is 8.26. The summed E-state index contributed by atoms with van der Waals surface area (Å²) in [4.78, 5) is 36.7. The Morgan fingerprint density at radius 3 is 2.75 bits per heavy atom. The Morgan fingerprint density at radius 1 is 1.17 bits per heavy atom. The van der Waals surface area contributed by atoms with Crippen LogP contribution in [0.2, 0.25) is 0 Å². The standard InChI is InChI=1S/C17H19N3O4/c1-24-13-7-5-11-15-10(13)4-2-3-9-19(15)17(23)20(11)12-6-8-14(21)18-16(12)22/h5,7,12H,2-4,6,8-9H2,1H3,(H,18,21,22).